The van der Waals surface area contributed by atoms with E-state index in [4.69, 9.17) is 37.0 Å². The molecule has 95 heavy (non-hydrogen) atoms. The van der Waals surface area contributed by atoms with Gasteiger partial charge in [0.2, 0.25) is 0 Å². The van der Waals surface area contributed by atoms with Crippen molar-refractivity contribution >= 4 is 39.5 Å². The highest BCUT2D eigenvalue weighted by molar-refractivity contribution is 7.47. The van der Waals surface area contributed by atoms with Crippen LogP contribution >= 0.6 is 15.6 Å². The van der Waals surface area contributed by atoms with Crippen LogP contribution in [0.25, 0.3) is 0 Å². The summed E-state index contributed by atoms with van der Waals surface area (Å²) in [6, 6.07) is 0. The summed E-state index contributed by atoms with van der Waals surface area (Å²) in [6.45, 7) is 7.22. The van der Waals surface area contributed by atoms with Gasteiger partial charge < -0.3 is 33.8 Å². The van der Waals surface area contributed by atoms with Gasteiger partial charge in [0.15, 0.2) is 12.2 Å². The number of hydrogen-bond acceptors (Lipinski definition) is 15. The Bertz CT molecular complexity index is 1820. The molecule has 564 valence electrons. The van der Waals surface area contributed by atoms with Gasteiger partial charge in [0, 0.05) is 25.7 Å². The maximum atomic E-state index is 13.1. The lowest BCUT2D eigenvalue weighted by Crippen LogP contribution is -2.30. The molecule has 0 aliphatic rings. The molecular formula is C76H148O17P2. The molecule has 0 aliphatic carbocycles. The molecule has 0 saturated heterocycles. The average Bonchev–Trinajstić information content (AvgIpc) is 1.60. The molecule has 17 nitrogen and oxygen atoms in total. The molecule has 0 fully saturated rings. The molecule has 0 bridgehead atoms. The Labute approximate surface area is 581 Å². The van der Waals surface area contributed by atoms with E-state index in [1.807, 2.05) is 0 Å². The molecular weight excluding hydrogens is 1250 g/mol. The van der Waals surface area contributed by atoms with Crippen LogP contribution in [0.15, 0.2) is 0 Å². The molecule has 0 aromatic carbocycles. The van der Waals surface area contributed by atoms with Crippen molar-refractivity contribution in [3.05, 3.63) is 0 Å². The topological polar surface area (TPSA) is 237 Å². The molecule has 0 amide bonds. The lowest BCUT2D eigenvalue weighted by Gasteiger charge is -2.21. The van der Waals surface area contributed by atoms with Crippen LogP contribution in [0.2, 0.25) is 0 Å². The van der Waals surface area contributed by atoms with E-state index >= 15 is 0 Å². The highest BCUT2D eigenvalue weighted by atomic mass is 31.2. The van der Waals surface area contributed by atoms with Gasteiger partial charge in [-0.15, -0.1) is 0 Å². The number of esters is 4. The predicted molar refractivity (Wildman–Crippen MR) is 386 cm³/mol. The van der Waals surface area contributed by atoms with E-state index in [1.165, 1.54) is 218 Å². The minimum absolute atomic E-state index is 0.107. The molecule has 0 aromatic heterocycles. The van der Waals surface area contributed by atoms with Gasteiger partial charge in [-0.2, -0.15) is 0 Å². The number of carbonyl (C=O) groups excluding carboxylic acids is 4. The predicted octanol–water partition coefficient (Wildman–Crippen LogP) is 22.5. The van der Waals surface area contributed by atoms with Gasteiger partial charge in [0.1, 0.15) is 19.3 Å². The van der Waals surface area contributed by atoms with Gasteiger partial charge >= 0.3 is 39.5 Å². The number of ether oxygens (including phenoxy) is 4. The monoisotopic (exact) mass is 1400 g/mol. The molecule has 0 aliphatic heterocycles. The SMILES string of the molecule is CCCCCCCCCCCCCCCCCCCCCCCCC(=O)O[C@H](COC(=O)CCCCCCCCCCCCCCCC(C)C)COP(=O)(O)OC[C@@H](O)COP(=O)(O)OC[C@@H](COC(=O)CCCCCCC)OC(=O)CCCCCCCCCCCCCC. The van der Waals surface area contributed by atoms with Crippen LogP contribution in [-0.2, 0) is 65.4 Å². The summed E-state index contributed by atoms with van der Waals surface area (Å²) in [4.78, 5) is 72.5. The number of aliphatic hydroxyl groups excluding tert-OH is 1. The number of hydrogen-bond donors (Lipinski definition) is 3. The molecule has 0 heterocycles. The standard InChI is InChI=1S/C76H148O17P2/c1-6-9-12-15-17-19-21-23-24-25-26-27-28-29-30-31-34-39-43-47-52-57-62-76(81)93-72(66-87-74(79)60-55-50-45-41-38-35-32-33-36-40-44-49-53-58-69(4)5)68-91-95(84,85)89-64-70(77)63-88-94(82,83)90-67-71(65-86-73(78)59-54-48-14-11-8-3)92-75(80)61-56-51-46-42-37-22-20-18-16-13-10-7-2/h69-72,77H,6-68H2,1-5H3,(H,82,83)(H,84,85)/t70-,71+,72+/m0/s1. The second-order valence-electron chi connectivity index (χ2n) is 27.9. The van der Waals surface area contributed by atoms with Crippen molar-refractivity contribution in [2.45, 2.75) is 419 Å². The first kappa shape index (κ1) is 93.1. The fourth-order valence-electron chi connectivity index (χ4n) is 11.7. The number of aliphatic hydroxyl groups is 1. The van der Waals surface area contributed by atoms with Crippen molar-refractivity contribution in [2.75, 3.05) is 39.6 Å². The Morgan fingerprint density at radius 1 is 0.284 bits per heavy atom. The van der Waals surface area contributed by atoms with Crippen molar-refractivity contribution in [3.63, 3.8) is 0 Å². The molecule has 0 aromatic rings. The average molecular weight is 1400 g/mol. The second-order valence-corrected chi connectivity index (χ2v) is 30.8. The molecule has 0 radical (unpaired) electrons. The smallest absolute Gasteiger partial charge is 0.462 e. The molecule has 5 atom stereocenters. The molecule has 0 saturated carbocycles. The summed E-state index contributed by atoms with van der Waals surface area (Å²) in [5.41, 5.74) is 0. The minimum Gasteiger partial charge on any atom is -0.462 e. The van der Waals surface area contributed by atoms with Crippen molar-refractivity contribution < 1.29 is 80.2 Å². The zero-order chi connectivity index (χ0) is 69.8. The van der Waals surface area contributed by atoms with Crippen LogP contribution in [-0.4, -0.2) is 96.7 Å². The van der Waals surface area contributed by atoms with Gasteiger partial charge in [0.05, 0.1) is 26.4 Å². The largest absolute Gasteiger partial charge is 0.472 e. The van der Waals surface area contributed by atoms with Crippen molar-refractivity contribution in [1.82, 2.24) is 0 Å². The van der Waals surface area contributed by atoms with Crippen molar-refractivity contribution in [3.8, 4) is 0 Å². The Morgan fingerprint density at radius 2 is 0.484 bits per heavy atom. The Balaban J connectivity index is 5.11. The Kier molecular flexibility index (Phi) is 67.7. The normalized spacial score (nSPS) is 13.9. The van der Waals surface area contributed by atoms with E-state index in [1.54, 1.807) is 0 Å². The van der Waals surface area contributed by atoms with Crippen LogP contribution in [0, 0.1) is 5.92 Å². The van der Waals surface area contributed by atoms with Crippen molar-refractivity contribution in [2.24, 2.45) is 5.92 Å². The maximum absolute atomic E-state index is 13.1. The zero-order valence-corrected chi connectivity index (χ0v) is 63.6. The summed E-state index contributed by atoms with van der Waals surface area (Å²) in [6.07, 6.45) is 58.8. The summed E-state index contributed by atoms with van der Waals surface area (Å²) in [5.74, 6) is -1.34. The summed E-state index contributed by atoms with van der Waals surface area (Å²) in [7, 11) is -9.90. The fraction of sp³-hybridized carbons (Fsp3) is 0.947. The first-order valence-corrected chi connectivity index (χ1v) is 42.6. The van der Waals surface area contributed by atoms with Gasteiger partial charge in [0.25, 0.3) is 0 Å². The lowest BCUT2D eigenvalue weighted by molar-refractivity contribution is -0.161. The second kappa shape index (κ2) is 69.2. The van der Waals surface area contributed by atoms with E-state index in [0.717, 1.165) is 102 Å². The van der Waals surface area contributed by atoms with E-state index in [0.29, 0.717) is 25.7 Å². The first-order valence-electron chi connectivity index (χ1n) is 39.6. The number of carbonyl (C=O) groups is 4. The lowest BCUT2D eigenvalue weighted by atomic mass is 10.0. The quantitative estimate of drug-likeness (QED) is 0.0222. The Hall–Kier alpha value is -1.94. The van der Waals surface area contributed by atoms with Crippen LogP contribution in [0.5, 0.6) is 0 Å². The minimum atomic E-state index is -4.95. The number of phosphoric ester groups is 2. The Morgan fingerprint density at radius 3 is 0.716 bits per heavy atom. The molecule has 19 heteroatoms. The van der Waals surface area contributed by atoms with E-state index in [2.05, 4.69) is 34.6 Å². The molecule has 2 unspecified atom stereocenters. The van der Waals surface area contributed by atoms with Crippen LogP contribution in [0.3, 0.4) is 0 Å². The summed E-state index contributed by atoms with van der Waals surface area (Å²) < 4.78 is 68.3. The zero-order valence-electron chi connectivity index (χ0n) is 61.8. The van der Waals surface area contributed by atoms with Gasteiger partial charge in [-0.05, 0) is 31.6 Å². The van der Waals surface area contributed by atoms with Gasteiger partial charge in [-0.1, -0.05) is 349 Å². The fourth-order valence-corrected chi connectivity index (χ4v) is 13.3. The van der Waals surface area contributed by atoms with E-state index < -0.39 is 97.5 Å². The third kappa shape index (κ3) is 70.3. The third-order valence-electron chi connectivity index (χ3n) is 17.8. The van der Waals surface area contributed by atoms with Crippen molar-refractivity contribution in [1.29, 1.82) is 0 Å². The van der Waals surface area contributed by atoms with E-state index in [9.17, 15) is 43.2 Å². The molecule has 0 spiro atoms. The first-order chi connectivity index (χ1) is 46.0. The maximum Gasteiger partial charge on any atom is 0.472 e. The van der Waals surface area contributed by atoms with Crippen LogP contribution in [0.4, 0.5) is 0 Å². The summed E-state index contributed by atoms with van der Waals surface area (Å²) in [5, 5.41) is 10.6. The van der Waals surface area contributed by atoms with E-state index in [-0.39, 0.29) is 25.7 Å². The summed E-state index contributed by atoms with van der Waals surface area (Å²) >= 11 is 0. The van der Waals surface area contributed by atoms with Gasteiger partial charge in [-0.25, -0.2) is 9.13 Å². The number of phosphoric acid groups is 2. The van der Waals surface area contributed by atoms with Crippen LogP contribution in [0.1, 0.15) is 401 Å². The number of rotatable bonds is 76. The molecule has 3 N–H and O–H groups in total. The van der Waals surface area contributed by atoms with Gasteiger partial charge in [-0.3, -0.25) is 37.3 Å². The van der Waals surface area contributed by atoms with Crippen LogP contribution < -0.4 is 0 Å². The molecule has 0 rings (SSSR count). The highest BCUT2D eigenvalue weighted by Crippen LogP contribution is 2.45. The highest BCUT2D eigenvalue weighted by Gasteiger charge is 2.30. The third-order valence-corrected chi connectivity index (χ3v) is 19.7. The number of unbranched alkanes of at least 4 members (excludes halogenated alkanes) is 48.